The van der Waals surface area contributed by atoms with E-state index in [0.717, 1.165) is 31.6 Å². The van der Waals surface area contributed by atoms with Crippen LogP contribution in [0.4, 0.5) is 0 Å². The van der Waals surface area contributed by atoms with Crippen molar-refractivity contribution < 1.29 is 5.11 Å². The molecule has 0 aromatic carbocycles. The average molecular weight is 211 g/mol. The largest absolute Gasteiger partial charge is 0.392 e. The van der Waals surface area contributed by atoms with E-state index in [2.05, 4.69) is 17.2 Å². The summed E-state index contributed by atoms with van der Waals surface area (Å²) >= 11 is 0. The third-order valence-electron chi connectivity index (χ3n) is 2.15. The Morgan fingerprint density at radius 1 is 1.53 bits per heavy atom. The fourth-order valence-electron chi connectivity index (χ4n) is 1.46. The van der Waals surface area contributed by atoms with Gasteiger partial charge < -0.3 is 15.0 Å². The van der Waals surface area contributed by atoms with Gasteiger partial charge in [-0.25, -0.2) is 4.98 Å². The van der Waals surface area contributed by atoms with Crippen molar-refractivity contribution in [1.82, 2.24) is 14.9 Å². The normalized spacial score (nSPS) is 13.0. The van der Waals surface area contributed by atoms with Crippen molar-refractivity contribution in [2.75, 3.05) is 13.1 Å². The van der Waals surface area contributed by atoms with E-state index in [0.29, 0.717) is 6.54 Å². The maximum atomic E-state index is 9.20. The highest BCUT2D eigenvalue weighted by atomic mass is 16.3. The zero-order chi connectivity index (χ0) is 11.1. The second-order valence-electron chi connectivity index (χ2n) is 3.91. The summed E-state index contributed by atoms with van der Waals surface area (Å²) < 4.78 is 1.93. The molecule has 1 rings (SSSR count). The van der Waals surface area contributed by atoms with E-state index in [1.165, 1.54) is 0 Å². The number of hydrogen-bond acceptors (Lipinski definition) is 3. The molecule has 0 aliphatic heterocycles. The highest BCUT2D eigenvalue weighted by Gasteiger charge is 2.00. The van der Waals surface area contributed by atoms with Gasteiger partial charge in [-0.3, -0.25) is 0 Å². The molecule has 0 fully saturated rings. The van der Waals surface area contributed by atoms with Gasteiger partial charge in [0.05, 0.1) is 18.1 Å². The lowest BCUT2D eigenvalue weighted by molar-refractivity contribution is 0.173. The van der Waals surface area contributed by atoms with E-state index >= 15 is 0 Å². The van der Waals surface area contributed by atoms with Crippen molar-refractivity contribution in [3.8, 4) is 0 Å². The summed E-state index contributed by atoms with van der Waals surface area (Å²) in [6.45, 7) is 6.59. The Balaban J connectivity index is 2.26. The summed E-state index contributed by atoms with van der Waals surface area (Å²) in [6.07, 6.45) is 5.58. The minimum atomic E-state index is -0.315. The molecule has 0 bridgehead atoms. The Bertz CT molecular complexity index is 271. The van der Waals surface area contributed by atoms with E-state index < -0.39 is 0 Å². The van der Waals surface area contributed by atoms with Crippen LogP contribution in [0, 0.1) is 0 Å². The smallest absolute Gasteiger partial charge is 0.0950 e. The van der Waals surface area contributed by atoms with Gasteiger partial charge in [0.25, 0.3) is 0 Å². The molecule has 1 unspecified atom stereocenters. The van der Waals surface area contributed by atoms with Gasteiger partial charge in [0, 0.05) is 25.7 Å². The number of imidazole rings is 1. The molecule has 0 amide bonds. The average Bonchev–Trinajstić information content (AvgIpc) is 2.59. The highest BCUT2D eigenvalue weighted by molar-refractivity contribution is 4.97. The Kier molecular flexibility index (Phi) is 5.36. The lowest BCUT2D eigenvalue weighted by Crippen LogP contribution is -2.17. The monoisotopic (exact) mass is 211 g/mol. The van der Waals surface area contributed by atoms with Crippen LogP contribution in [0.2, 0.25) is 0 Å². The van der Waals surface area contributed by atoms with E-state index in [1.54, 1.807) is 13.3 Å². The first-order valence-corrected chi connectivity index (χ1v) is 5.61. The Labute approximate surface area is 91.3 Å². The van der Waals surface area contributed by atoms with Gasteiger partial charge in [0.15, 0.2) is 0 Å². The second kappa shape index (κ2) is 6.58. The van der Waals surface area contributed by atoms with Gasteiger partial charge in [-0.1, -0.05) is 6.92 Å². The van der Waals surface area contributed by atoms with Crippen LogP contribution < -0.4 is 5.32 Å². The molecule has 15 heavy (non-hydrogen) atoms. The fourth-order valence-corrected chi connectivity index (χ4v) is 1.46. The van der Waals surface area contributed by atoms with Gasteiger partial charge in [0.1, 0.15) is 0 Å². The molecule has 4 nitrogen and oxygen atoms in total. The fraction of sp³-hybridized carbons (Fsp3) is 0.727. The molecule has 0 saturated carbocycles. The molecule has 1 atom stereocenters. The van der Waals surface area contributed by atoms with E-state index in [-0.39, 0.29) is 6.10 Å². The van der Waals surface area contributed by atoms with Crippen molar-refractivity contribution in [3.05, 3.63) is 18.2 Å². The van der Waals surface area contributed by atoms with Crippen LogP contribution in [-0.4, -0.2) is 33.9 Å². The van der Waals surface area contributed by atoms with Crippen LogP contribution in [0.25, 0.3) is 0 Å². The van der Waals surface area contributed by atoms with Crippen LogP contribution in [0.1, 0.15) is 26.0 Å². The molecule has 0 spiro atoms. The second-order valence-corrected chi connectivity index (χ2v) is 3.91. The number of aliphatic hydroxyl groups is 1. The summed E-state index contributed by atoms with van der Waals surface area (Å²) in [5, 5.41) is 12.5. The molecule has 0 radical (unpaired) electrons. The Morgan fingerprint density at radius 3 is 3.00 bits per heavy atom. The lowest BCUT2D eigenvalue weighted by Gasteiger charge is -2.03. The summed E-state index contributed by atoms with van der Waals surface area (Å²) in [5.41, 5.74) is 1.08. The maximum absolute atomic E-state index is 9.20. The highest BCUT2D eigenvalue weighted by Crippen LogP contribution is 1.98. The van der Waals surface area contributed by atoms with E-state index in [1.807, 2.05) is 10.8 Å². The number of aliphatic hydroxyl groups excluding tert-OH is 1. The molecular weight excluding hydrogens is 190 g/mol. The maximum Gasteiger partial charge on any atom is 0.0950 e. The Morgan fingerprint density at radius 2 is 2.33 bits per heavy atom. The third-order valence-corrected chi connectivity index (χ3v) is 2.15. The molecular formula is C11H21N3O. The topological polar surface area (TPSA) is 50.1 Å². The lowest BCUT2D eigenvalue weighted by atomic mass is 10.3. The predicted molar refractivity (Wildman–Crippen MR) is 60.8 cm³/mol. The van der Waals surface area contributed by atoms with Gasteiger partial charge in [-0.05, 0) is 19.9 Å². The van der Waals surface area contributed by atoms with Crippen LogP contribution in [0.3, 0.4) is 0 Å². The van der Waals surface area contributed by atoms with Crippen LogP contribution in [-0.2, 0) is 13.0 Å². The number of aromatic nitrogens is 2. The predicted octanol–water partition coefficient (Wildman–Crippen LogP) is 0.806. The number of hydrogen-bond donors (Lipinski definition) is 2. The molecule has 0 aliphatic carbocycles. The summed E-state index contributed by atoms with van der Waals surface area (Å²) in [6, 6.07) is 0. The molecule has 86 valence electrons. The number of rotatable bonds is 7. The minimum Gasteiger partial charge on any atom is -0.392 e. The van der Waals surface area contributed by atoms with Gasteiger partial charge in [-0.15, -0.1) is 0 Å². The van der Waals surface area contributed by atoms with Crippen molar-refractivity contribution in [2.24, 2.45) is 0 Å². The molecule has 4 heteroatoms. The van der Waals surface area contributed by atoms with Crippen molar-refractivity contribution in [1.29, 1.82) is 0 Å². The van der Waals surface area contributed by atoms with E-state index in [4.69, 9.17) is 0 Å². The first-order valence-electron chi connectivity index (χ1n) is 5.61. The van der Waals surface area contributed by atoms with Crippen molar-refractivity contribution in [2.45, 2.75) is 39.3 Å². The van der Waals surface area contributed by atoms with Crippen LogP contribution >= 0.6 is 0 Å². The first-order chi connectivity index (χ1) is 7.22. The van der Waals surface area contributed by atoms with Gasteiger partial charge in [-0.2, -0.15) is 0 Å². The summed E-state index contributed by atoms with van der Waals surface area (Å²) in [5.74, 6) is 0. The molecule has 0 aliphatic rings. The standard InChI is InChI=1S/C11H21N3O/c1-3-5-12-6-4-11-8-14(9-13-11)7-10(2)15/h8-10,12,15H,3-7H2,1-2H3. The first kappa shape index (κ1) is 12.2. The third kappa shape index (κ3) is 4.95. The summed E-state index contributed by atoms with van der Waals surface area (Å²) in [4.78, 5) is 4.28. The molecule has 1 aromatic heterocycles. The van der Waals surface area contributed by atoms with E-state index in [9.17, 15) is 5.11 Å². The minimum absolute atomic E-state index is 0.315. The van der Waals surface area contributed by atoms with Crippen molar-refractivity contribution in [3.63, 3.8) is 0 Å². The SMILES string of the molecule is CCCNCCc1cn(CC(C)O)cn1. The Hall–Kier alpha value is -0.870. The van der Waals surface area contributed by atoms with Gasteiger partial charge in [0.2, 0.25) is 0 Å². The van der Waals surface area contributed by atoms with Gasteiger partial charge >= 0.3 is 0 Å². The van der Waals surface area contributed by atoms with Crippen LogP contribution in [0.15, 0.2) is 12.5 Å². The molecule has 0 saturated heterocycles. The summed E-state index contributed by atoms with van der Waals surface area (Å²) in [7, 11) is 0. The number of nitrogens with zero attached hydrogens (tertiary/aromatic N) is 2. The van der Waals surface area contributed by atoms with Crippen molar-refractivity contribution >= 4 is 0 Å². The molecule has 1 heterocycles. The molecule has 2 N–H and O–H groups in total. The molecule has 1 aromatic rings. The number of nitrogens with one attached hydrogen (secondary N) is 1. The zero-order valence-electron chi connectivity index (χ0n) is 9.61. The van der Waals surface area contributed by atoms with Crippen LogP contribution in [0.5, 0.6) is 0 Å². The zero-order valence-corrected chi connectivity index (χ0v) is 9.61. The quantitative estimate of drug-likeness (QED) is 0.656.